The first-order valence-corrected chi connectivity index (χ1v) is 6.86. The van der Waals surface area contributed by atoms with Crippen molar-refractivity contribution in [1.29, 1.82) is 0 Å². The third-order valence-electron chi connectivity index (χ3n) is 3.76. The van der Waals surface area contributed by atoms with Crippen molar-refractivity contribution in [3.05, 3.63) is 0 Å². The van der Waals surface area contributed by atoms with Crippen LogP contribution in [0.3, 0.4) is 0 Å². The van der Waals surface area contributed by atoms with Crippen LogP contribution in [0.1, 0.15) is 65.7 Å². The SMILES string of the molecule is CCCCCCC(C)(C)CCN1CCC1. The number of nitrogens with zero attached hydrogens (tertiary/aromatic N) is 1. The predicted molar refractivity (Wildman–Crippen MR) is 68.2 cm³/mol. The van der Waals surface area contributed by atoms with Gasteiger partial charge in [-0.2, -0.15) is 0 Å². The van der Waals surface area contributed by atoms with E-state index in [-0.39, 0.29) is 0 Å². The average molecular weight is 211 g/mol. The van der Waals surface area contributed by atoms with Gasteiger partial charge in [-0.05, 0) is 44.3 Å². The topological polar surface area (TPSA) is 3.24 Å². The molecular weight excluding hydrogens is 182 g/mol. The first kappa shape index (κ1) is 13.0. The summed E-state index contributed by atoms with van der Waals surface area (Å²) in [6, 6.07) is 0. The van der Waals surface area contributed by atoms with Crippen LogP contribution in [-0.4, -0.2) is 24.5 Å². The van der Waals surface area contributed by atoms with Crippen molar-refractivity contribution in [3.8, 4) is 0 Å². The zero-order chi connectivity index (χ0) is 11.1. The summed E-state index contributed by atoms with van der Waals surface area (Å²) >= 11 is 0. The molecule has 15 heavy (non-hydrogen) atoms. The number of hydrogen-bond donors (Lipinski definition) is 0. The first-order valence-electron chi connectivity index (χ1n) is 6.86. The maximum absolute atomic E-state index is 2.59. The average Bonchev–Trinajstić information content (AvgIpc) is 2.10. The molecule has 0 spiro atoms. The van der Waals surface area contributed by atoms with Gasteiger partial charge in [0.05, 0.1) is 0 Å². The summed E-state index contributed by atoms with van der Waals surface area (Å²) in [5.41, 5.74) is 0.573. The highest BCUT2D eigenvalue weighted by Gasteiger charge is 2.20. The van der Waals surface area contributed by atoms with Crippen LogP contribution in [-0.2, 0) is 0 Å². The lowest BCUT2D eigenvalue weighted by Crippen LogP contribution is -2.39. The summed E-state index contributed by atoms with van der Waals surface area (Å²) < 4.78 is 0. The second-order valence-corrected chi connectivity index (χ2v) is 5.92. The lowest BCUT2D eigenvalue weighted by atomic mass is 9.83. The predicted octanol–water partition coefficient (Wildman–Crippen LogP) is 4.08. The molecule has 0 atom stereocenters. The van der Waals surface area contributed by atoms with E-state index in [4.69, 9.17) is 0 Å². The van der Waals surface area contributed by atoms with E-state index in [1.165, 1.54) is 64.6 Å². The van der Waals surface area contributed by atoms with E-state index in [2.05, 4.69) is 25.7 Å². The molecule has 0 N–H and O–H groups in total. The minimum atomic E-state index is 0.573. The largest absolute Gasteiger partial charge is 0.303 e. The zero-order valence-electron chi connectivity index (χ0n) is 11.0. The van der Waals surface area contributed by atoms with Crippen molar-refractivity contribution in [2.45, 2.75) is 65.7 Å². The fourth-order valence-corrected chi connectivity index (χ4v) is 2.22. The van der Waals surface area contributed by atoms with Crippen molar-refractivity contribution in [2.24, 2.45) is 5.41 Å². The molecule has 0 bridgehead atoms. The highest BCUT2D eigenvalue weighted by molar-refractivity contribution is 4.74. The second-order valence-electron chi connectivity index (χ2n) is 5.92. The molecule has 1 rings (SSSR count). The second kappa shape index (κ2) is 6.52. The molecule has 0 radical (unpaired) electrons. The van der Waals surface area contributed by atoms with E-state index in [1.807, 2.05) is 0 Å². The van der Waals surface area contributed by atoms with Crippen LogP contribution in [0.25, 0.3) is 0 Å². The van der Waals surface area contributed by atoms with Gasteiger partial charge in [0.1, 0.15) is 0 Å². The van der Waals surface area contributed by atoms with Crippen molar-refractivity contribution in [2.75, 3.05) is 19.6 Å². The Balaban J connectivity index is 2.02. The minimum absolute atomic E-state index is 0.573. The van der Waals surface area contributed by atoms with E-state index >= 15 is 0 Å². The number of unbranched alkanes of at least 4 members (excludes halogenated alkanes) is 3. The Bertz CT molecular complexity index is 159. The van der Waals surface area contributed by atoms with Gasteiger partial charge < -0.3 is 4.90 Å². The molecule has 1 heteroatoms. The minimum Gasteiger partial charge on any atom is -0.303 e. The Hall–Kier alpha value is -0.0400. The van der Waals surface area contributed by atoms with Crippen LogP contribution >= 0.6 is 0 Å². The van der Waals surface area contributed by atoms with Gasteiger partial charge in [0.15, 0.2) is 0 Å². The van der Waals surface area contributed by atoms with E-state index in [1.54, 1.807) is 0 Å². The summed E-state index contributed by atoms with van der Waals surface area (Å²) in [4.78, 5) is 2.59. The van der Waals surface area contributed by atoms with Gasteiger partial charge in [-0.1, -0.05) is 46.5 Å². The number of hydrogen-bond acceptors (Lipinski definition) is 1. The fraction of sp³-hybridized carbons (Fsp3) is 1.00. The standard InChI is InChI=1S/C14H29N/c1-4-5-6-7-9-14(2,3)10-13-15-11-8-12-15/h4-13H2,1-3H3. The fourth-order valence-electron chi connectivity index (χ4n) is 2.22. The van der Waals surface area contributed by atoms with E-state index in [0.717, 1.165) is 0 Å². The molecule has 0 aromatic heterocycles. The van der Waals surface area contributed by atoms with Gasteiger partial charge in [0, 0.05) is 0 Å². The molecule has 0 aliphatic carbocycles. The van der Waals surface area contributed by atoms with E-state index in [9.17, 15) is 0 Å². The summed E-state index contributed by atoms with van der Waals surface area (Å²) in [5.74, 6) is 0. The van der Waals surface area contributed by atoms with Crippen molar-refractivity contribution in [3.63, 3.8) is 0 Å². The third-order valence-corrected chi connectivity index (χ3v) is 3.76. The van der Waals surface area contributed by atoms with Gasteiger partial charge in [-0.3, -0.25) is 0 Å². The highest BCUT2D eigenvalue weighted by atomic mass is 15.2. The third kappa shape index (κ3) is 5.55. The summed E-state index contributed by atoms with van der Waals surface area (Å²) in [5, 5.41) is 0. The maximum Gasteiger partial charge on any atom is -0.000653 e. The van der Waals surface area contributed by atoms with Crippen LogP contribution in [0, 0.1) is 5.41 Å². The Morgan fingerprint density at radius 1 is 1.00 bits per heavy atom. The van der Waals surface area contributed by atoms with Crippen LogP contribution in [0.5, 0.6) is 0 Å². The van der Waals surface area contributed by atoms with Crippen LogP contribution in [0.4, 0.5) is 0 Å². The summed E-state index contributed by atoms with van der Waals surface area (Å²) in [6.07, 6.45) is 9.87. The molecular formula is C14H29N. The van der Waals surface area contributed by atoms with Crippen LogP contribution in [0.15, 0.2) is 0 Å². The van der Waals surface area contributed by atoms with E-state index < -0.39 is 0 Å². The molecule has 0 aromatic rings. The van der Waals surface area contributed by atoms with Gasteiger partial charge >= 0.3 is 0 Å². The molecule has 0 aromatic carbocycles. The zero-order valence-corrected chi connectivity index (χ0v) is 11.0. The number of rotatable bonds is 8. The highest BCUT2D eigenvalue weighted by Crippen LogP contribution is 2.28. The Kier molecular flexibility index (Phi) is 5.66. The van der Waals surface area contributed by atoms with Crippen LogP contribution < -0.4 is 0 Å². The van der Waals surface area contributed by atoms with Gasteiger partial charge in [0.2, 0.25) is 0 Å². The monoisotopic (exact) mass is 211 g/mol. The number of likely N-dealkylation sites (tertiary alicyclic amines) is 1. The normalized spacial score (nSPS) is 17.8. The Morgan fingerprint density at radius 2 is 1.73 bits per heavy atom. The smallest absolute Gasteiger partial charge is 0.000653 e. The molecule has 1 aliphatic heterocycles. The molecule has 1 nitrogen and oxygen atoms in total. The summed E-state index contributed by atoms with van der Waals surface area (Å²) in [6.45, 7) is 11.2. The van der Waals surface area contributed by atoms with E-state index in [0.29, 0.717) is 5.41 Å². The van der Waals surface area contributed by atoms with Crippen LogP contribution in [0.2, 0.25) is 0 Å². The molecule has 1 heterocycles. The molecule has 0 unspecified atom stereocenters. The maximum atomic E-state index is 2.59. The van der Waals surface area contributed by atoms with Crippen molar-refractivity contribution >= 4 is 0 Å². The molecule has 0 amide bonds. The van der Waals surface area contributed by atoms with Gasteiger partial charge in [0.25, 0.3) is 0 Å². The molecule has 1 saturated heterocycles. The molecule has 0 saturated carbocycles. The molecule has 1 fully saturated rings. The Morgan fingerprint density at radius 3 is 2.27 bits per heavy atom. The van der Waals surface area contributed by atoms with Gasteiger partial charge in [-0.15, -0.1) is 0 Å². The van der Waals surface area contributed by atoms with Crippen molar-refractivity contribution < 1.29 is 0 Å². The Labute approximate surface area is 96.2 Å². The van der Waals surface area contributed by atoms with Gasteiger partial charge in [-0.25, -0.2) is 0 Å². The summed E-state index contributed by atoms with van der Waals surface area (Å²) in [7, 11) is 0. The van der Waals surface area contributed by atoms with Crippen molar-refractivity contribution in [1.82, 2.24) is 4.90 Å². The quantitative estimate of drug-likeness (QED) is 0.547. The lowest BCUT2D eigenvalue weighted by molar-refractivity contribution is 0.146. The lowest BCUT2D eigenvalue weighted by Gasteiger charge is -2.34. The molecule has 90 valence electrons. The molecule has 1 aliphatic rings. The first-order chi connectivity index (χ1) is 7.14.